The monoisotopic (exact) mass is 490 g/mol. The number of piperazine rings is 2. The molecule has 178 valence electrons. The molecule has 0 bridgehead atoms. The Morgan fingerprint density at radius 2 is 1.61 bits per heavy atom. The van der Waals surface area contributed by atoms with E-state index in [0.717, 1.165) is 29.4 Å². The lowest BCUT2D eigenvalue weighted by molar-refractivity contribution is 0.0746. The van der Waals surface area contributed by atoms with Crippen molar-refractivity contribution in [2.45, 2.75) is 13.5 Å². The van der Waals surface area contributed by atoms with Crippen LogP contribution in [0.3, 0.4) is 0 Å². The van der Waals surface area contributed by atoms with Gasteiger partial charge in [0.1, 0.15) is 0 Å². The number of amides is 1. The number of anilines is 1. The van der Waals surface area contributed by atoms with Gasteiger partial charge >= 0.3 is 0 Å². The number of rotatable bonds is 6. The number of halogens is 1. The summed E-state index contributed by atoms with van der Waals surface area (Å²) in [6.07, 6.45) is 0. The van der Waals surface area contributed by atoms with E-state index in [-0.39, 0.29) is 11.7 Å². The highest BCUT2D eigenvalue weighted by atomic mass is 35.5. The van der Waals surface area contributed by atoms with Crippen LogP contribution in [0.25, 0.3) is 0 Å². The molecule has 0 N–H and O–H groups in total. The number of hydrogen-bond donors (Lipinski definition) is 0. The molecule has 0 unspecified atom stereocenters. The molecule has 0 spiro atoms. The predicted molar refractivity (Wildman–Crippen MR) is 132 cm³/mol. The fourth-order valence-electron chi connectivity index (χ4n) is 4.43. The van der Waals surface area contributed by atoms with E-state index < -0.39 is 10.0 Å². The summed E-state index contributed by atoms with van der Waals surface area (Å²) in [6, 6.07) is 15.6. The van der Waals surface area contributed by atoms with Crippen LogP contribution in [-0.2, 0) is 16.6 Å². The third-order valence-corrected chi connectivity index (χ3v) is 8.53. The van der Waals surface area contributed by atoms with Gasteiger partial charge < -0.3 is 9.80 Å². The first-order valence-corrected chi connectivity index (χ1v) is 13.4. The van der Waals surface area contributed by atoms with Gasteiger partial charge in [0.2, 0.25) is 10.0 Å². The second-order valence-corrected chi connectivity index (χ2v) is 11.2. The Morgan fingerprint density at radius 3 is 2.27 bits per heavy atom. The molecule has 1 amide bonds. The number of sulfonamides is 1. The van der Waals surface area contributed by atoms with Crippen LogP contribution in [0.15, 0.2) is 48.5 Å². The topological polar surface area (TPSA) is 64.2 Å². The Hall–Kier alpha value is -2.13. The third-order valence-electron chi connectivity index (χ3n) is 6.41. The fourth-order valence-corrected chi connectivity index (χ4v) is 5.70. The predicted octanol–water partition coefficient (Wildman–Crippen LogP) is 2.77. The van der Waals surface area contributed by atoms with Gasteiger partial charge in [-0.15, -0.1) is 0 Å². The van der Waals surface area contributed by atoms with Crippen LogP contribution >= 0.6 is 11.6 Å². The molecule has 2 aromatic rings. The first-order chi connectivity index (χ1) is 15.9. The van der Waals surface area contributed by atoms with E-state index in [4.69, 9.17) is 11.6 Å². The van der Waals surface area contributed by atoms with E-state index in [1.54, 1.807) is 11.2 Å². The maximum absolute atomic E-state index is 13.1. The SMILES string of the molecule is CCS(=O)(=O)N1CCN(Cc2cccc(C(=O)N3CCN(c4cccc(Cl)c4)CC3)c2)CC1. The van der Waals surface area contributed by atoms with Gasteiger partial charge in [0.15, 0.2) is 0 Å². The Kier molecular flexibility index (Phi) is 7.58. The van der Waals surface area contributed by atoms with Crippen molar-refractivity contribution in [2.24, 2.45) is 0 Å². The molecule has 4 rings (SSSR count). The van der Waals surface area contributed by atoms with Crippen LogP contribution in [-0.4, -0.2) is 86.5 Å². The Bertz CT molecular complexity index is 1080. The molecule has 0 aliphatic carbocycles. The highest BCUT2D eigenvalue weighted by molar-refractivity contribution is 7.89. The smallest absolute Gasteiger partial charge is 0.253 e. The van der Waals surface area contributed by atoms with Gasteiger partial charge in [-0.1, -0.05) is 29.8 Å². The van der Waals surface area contributed by atoms with Gasteiger partial charge in [-0.05, 0) is 42.8 Å². The van der Waals surface area contributed by atoms with Gasteiger partial charge in [-0.2, -0.15) is 4.31 Å². The quantitative estimate of drug-likeness (QED) is 0.623. The van der Waals surface area contributed by atoms with E-state index in [9.17, 15) is 13.2 Å². The van der Waals surface area contributed by atoms with Crippen LogP contribution in [0, 0.1) is 0 Å². The van der Waals surface area contributed by atoms with Gasteiger partial charge in [0, 0.05) is 75.2 Å². The van der Waals surface area contributed by atoms with Crippen molar-refractivity contribution in [1.29, 1.82) is 0 Å². The van der Waals surface area contributed by atoms with Crippen LogP contribution in [0.1, 0.15) is 22.8 Å². The zero-order valence-electron chi connectivity index (χ0n) is 19.0. The van der Waals surface area contributed by atoms with Gasteiger partial charge in [0.05, 0.1) is 5.75 Å². The van der Waals surface area contributed by atoms with Gasteiger partial charge in [-0.25, -0.2) is 8.42 Å². The number of nitrogens with zero attached hydrogens (tertiary/aromatic N) is 4. The van der Waals surface area contributed by atoms with Gasteiger partial charge in [-0.3, -0.25) is 9.69 Å². The summed E-state index contributed by atoms with van der Waals surface area (Å²) in [5, 5.41) is 0.719. The van der Waals surface area contributed by atoms with E-state index in [1.807, 2.05) is 53.4 Å². The normalized spacial score (nSPS) is 18.5. The van der Waals surface area contributed by atoms with Crippen molar-refractivity contribution in [2.75, 3.05) is 63.0 Å². The van der Waals surface area contributed by atoms with Crippen molar-refractivity contribution in [3.63, 3.8) is 0 Å². The summed E-state index contributed by atoms with van der Waals surface area (Å²) in [5.41, 5.74) is 2.87. The van der Waals surface area contributed by atoms with Crippen LogP contribution in [0.4, 0.5) is 5.69 Å². The molecule has 0 saturated carbocycles. The van der Waals surface area contributed by atoms with Crippen molar-refractivity contribution in [3.8, 4) is 0 Å². The fraction of sp³-hybridized carbons (Fsp3) is 0.458. The minimum absolute atomic E-state index is 0.0569. The molecule has 0 aromatic heterocycles. The molecule has 33 heavy (non-hydrogen) atoms. The lowest BCUT2D eigenvalue weighted by atomic mass is 10.1. The van der Waals surface area contributed by atoms with Crippen LogP contribution < -0.4 is 4.90 Å². The first-order valence-electron chi connectivity index (χ1n) is 11.4. The number of hydrogen-bond acceptors (Lipinski definition) is 5. The highest BCUT2D eigenvalue weighted by Gasteiger charge is 2.26. The zero-order valence-corrected chi connectivity index (χ0v) is 20.6. The summed E-state index contributed by atoms with van der Waals surface area (Å²) < 4.78 is 25.7. The van der Waals surface area contributed by atoms with Crippen molar-refractivity contribution < 1.29 is 13.2 Å². The average molecular weight is 491 g/mol. The molecule has 2 fully saturated rings. The summed E-state index contributed by atoms with van der Waals surface area (Å²) in [7, 11) is -3.13. The molecule has 2 aromatic carbocycles. The van der Waals surface area contributed by atoms with E-state index in [2.05, 4.69) is 9.80 Å². The first kappa shape index (κ1) is 24.0. The molecule has 0 atom stereocenters. The Balaban J connectivity index is 1.32. The highest BCUT2D eigenvalue weighted by Crippen LogP contribution is 2.21. The Labute approximate surface area is 201 Å². The van der Waals surface area contributed by atoms with E-state index in [1.165, 1.54) is 0 Å². The van der Waals surface area contributed by atoms with Crippen molar-refractivity contribution in [3.05, 3.63) is 64.7 Å². The molecule has 2 aliphatic rings. The second-order valence-electron chi connectivity index (χ2n) is 8.54. The van der Waals surface area contributed by atoms with Gasteiger partial charge in [0.25, 0.3) is 5.91 Å². The lowest BCUT2D eigenvalue weighted by Gasteiger charge is -2.36. The maximum atomic E-state index is 13.1. The standard InChI is InChI=1S/C24H31ClN4O3S/c1-2-33(31,32)29-15-9-26(10-16-29)19-20-5-3-6-21(17-20)24(30)28-13-11-27(12-14-28)23-8-4-7-22(25)18-23/h3-8,17-18H,2,9-16,19H2,1H3. The van der Waals surface area contributed by atoms with Crippen molar-refractivity contribution in [1.82, 2.24) is 14.1 Å². The molecular weight excluding hydrogens is 460 g/mol. The number of carbonyl (C=O) groups is 1. The number of benzene rings is 2. The average Bonchev–Trinajstić information content (AvgIpc) is 2.84. The lowest BCUT2D eigenvalue weighted by Crippen LogP contribution is -2.49. The molecule has 2 saturated heterocycles. The maximum Gasteiger partial charge on any atom is 0.253 e. The van der Waals surface area contributed by atoms with Crippen LogP contribution in [0.5, 0.6) is 0 Å². The molecule has 2 aliphatic heterocycles. The third kappa shape index (κ3) is 5.87. The molecule has 9 heteroatoms. The second kappa shape index (κ2) is 10.4. The zero-order chi connectivity index (χ0) is 23.4. The van der Waals surface area contributed by atoms with Crippen molar-refractivity contribution >= 4 is 33.2 Å². The minimum atomic E-state index is -3.13. The molecule has 0 radical (unpaired) electrons. The number of carbonyl (C=O) groups excluding carboxylic acids is 1. The molecule has 2 heterocycles. The largest absolute Gasteiger partial charge is 0.368 e. The van der Waals surface area contributed by atoms with E-state index >= 15 is 0 Å². The Morgan fingerprint density at radius 1 is 0.909 bits per heavy atom. The summed E-state index contributed by atoms with van der Waals surface area (Å²) in [4.78, 5) is 19.5. The van der Waals surface area contributed by atoms with Crippen LogP contribution in [0.2, 0.25) is 5.02 Å². The molecular formula is C24H31ClN4O3S. The summed E-state index contributed by atoms with van der Waals surface area (Å²) in [6.45, 7) is 7.72. The minimum Gasteiger partial charge on any atom is -0.368 e. The summed E-state index contributed by atoms with van der Waals surface area (Å²) in [5.74, 6) is 0.200. The summed E-state index contributed by atoms with van der Waals surface area (Å²) >= 11 is 6.12. The van der Waals surface area contributed by atoms with E-state index in [0.29, 0.717) is 51.4 Å². The molecule has 7 nitrogen and oxygen atoms in total.